The quantitative estimate of drug-likeness (QED) is 0.851. The normalized spacial score (nSPS) is 10.5. The number of hydrogen-bond donors (Lipinski definition) is 2. The van der Waals surface area contributed by atoms with Crippen LogP contribution in [0.3, 0.4) is 0 Å². The third-order valence-corrected chi connectivity index (χ3v) is 3.82. The Balaban J connectivity index is 2.07. The van der Waals surface area contributed by atoms with Crippen molar-refractivity contribution < 1.29 is 4.79 Å². The lowest BCUT2D eigenvalue weighted by molar-refractivity contribution is -0.115. The Morgan fingerprint density at radius 1 is 1.42 bits per heavy atom. The number of aryl methyl sites for hydroxylation is 1. The van der Waals surface area contributed by atoms with Gasteiger partial charge in [-0.05, 0) is 19.1 Å². The first-order chi connectivity index (χ1) is 8.95. The number of halogens is 2. The molecule has 0 fully saturated rings. The summed E-state index contributed by atoms with van der Waals surface area (Å²) in [5.74, 6) is -0.179. The number of nitrogens with zero attached hydrogens (tertiary/aromatic N) is 1. The predicted octanol–water partition coefficient (Wildman–Crippen LogP) is 3.52. The van der Waals surface area contributed by atoms with Crippen molar-refractivity contribution in [1.29, 1.82) is 0 Å². The van der Waals surface area contributed by atoms with Crippen LogP contribution in [-0.4, -0.2) is 10.9 Å². The zero-order valence-corrected chi connectivity index (χ0v) is 12.4. The molecule has 1 amide bonds. The van der Waals surface area contributed by atoms with Crippen LogP contribution in [0.2, 0.25) is 10.0 Å². The van der Waals surface area contributed by atoms with E-state index in [1.54, 1.807) is 12.1 Å². The Labute approximate surface area is 124 Å². The van der Waals surface area contributed by atoms with Gasteiger partial charge in [-0.2, -0.15) is 0 Å². The number of carbonyl (C=O) groups excluding carboxylic acids is 1. The Morgan fingerprint density at radius 3 is 2.58 bits per heavy atom. The number of aromatic nitrogens is 1. The molecule has 1 aromatic carbocycles. The highest BCUT2D eigenvalue weighted by Gasteiger charge is 2.09. The third kappa shape index (κ3) is 3.59. The van der Waals surface area contributed by atoms with Gasteiger partial charge in [0, 0.05) is 11.1 Å². The Bertz CT molecular complexity index is 604. The molecule has 0 saturated carbocycles. The van der Waals surface area contributed by atoms with Crippen LogP contribution < -0.4 is 11.1 Å². The molecule has 1 heterocycles. The minimum Gasteiger partial charge on any atom is -0.396 e. The summed E-state index contributed by atoms with van der Waals surface area (Å²) in [5.41, 5.74) is 7.18. The van der Waals surface area contributed by atoms with Crippen LogP contribution in [0.4, 0.5) is 11.4 Å². The number of carbonyl (C=O) groups is 1. The molecule has 1 aromatic heterocycles. The molecule has 0 radical (unpaired) electrons. The highest BCUT2D eigenvalue weighted by Crippen LogP contribution is 2.31. The molecule has 3 N–H and O–H groups in total. The maximum absolute atomic E-state index is 11.8. The smallest absolute Gasteiger partial charge is 0.230 e. The molecule has 0 atom stereocenters. The van der Waals surface area contributed by atoms with E-state index in [9.17, 15) is 4.79 Å². The Kier molecular flexibility index (Phi) is 4.29. The Hall–Kier alpha value is -1.30. The van der Waals surface area contributed by atoms with Gasteiger partial charge in [-0.3, -0.25) is 4.79 Å². The number of anilines is 2. The first-order valence-electron chi connectivity index (χ1n) is 5.41. The van der Waals surface area contributed by atoms with Crippen LogP contribution in [0, 0.1) is 6.92 Å². The fraction of sp³-hybridized carbons (Fsp3) is 0.167. The van der Waals surface area contributed by atoms with Crippen molar-refractivity contribution in [1.82, 2.24) is 4.98 Å². The molecule has 2 rings (SSSR count). The van der Waals surface area contributed by atoms with Crippen LogP contribution in [-0.2, 0) is 11.2 Å². The van der Waals surface area contributed by atoms with Crippen molar-refractivity contribution in [2.24, 2.45) is 0 Å². The number of amides is 1. The van der Waals surface area contributed by atoms with E-state index in [1.807, 2.05) is 12.3 Å². The van der Waals surface area contributed by atoms with E-state index in [2.05, 4.69) is 10.3 Å². The van der Waals surface area contributed by atoms with Crippen molar-refractivity contribution in [3.63, 3.8) is 0 Å². The van der Waals surface area contributed by atoms with E-state index in [0.717, 1.165) is 10.7 Å². The van der Waals surface area contributed by atoms with Crippen molar-refractivity contribution in [3.05, 3.63) is 38.3 Å². The summed E-state index contributed by atoms with van der Waals surface area (Å²) in [5, 5.41) is 6.13. The first-order valence-corrected chi connectivity index (χ1v) is 7.04. The van der Waals surface area contributed by atoms with Crippen molar-refractivity contribution in [3.8, 4) is 0 Å². The molecular formula is C12H11Cl2N3OS. The molecule has 0 aliphatic carbocycles. The molecule has 2 aromatic rings. The average molecular weight is 316 g/mol. The van der Waals surface area contributed by atoms with Gasteiger partial charge < -0.3 is 11.1 Å². The fourth-order valence-electron chi connectivity index (χ4n) is 1.52. The number of rotatable bonds is 3. The molecule has 0 aliphatic rings. The summed E-state index contributed by atoms with van der Waals surface area (Å²) in [7, 11) is 0. The van der Waals surface area contributed by atoms with Gasteiger partial charge in [-0.1, -0.05) is 23.2 Å². The van der Waals surface area contributed by atoms with Gasteiger partial charge in [0.25, 0.3) is 0 Å². The van der Waals surface area contributed by atoms with Crippen LogP contribution in [0.5, 0.6) is 0 Å². The summed E-state index contributed by atoms with van der Waals surface area (Å²) in [6.07, 6.45) is 0.212. The SMILES string of the molecule is Cc1nc(CC(=O)Nc2cc(Cl)c(N)c(Cl)c2)cs1. The van der Waals surface area contributed by atoms with Crippen LogP contribution in [0.25, 0.3) is 0 Å². The minimum atomic E-state index is -0.179. The highest BCUT2D eigenvalue weighted by atomic mass is 35.5. The van der Waals surface area contributed by atoms with Crippen LogP contribution in [0.1, 0.15) is 10.7 Å². The largest absolute Gasteiger partial charge is 0.396 e. The Morgan fingerprint density at radius 2 is 2.05 bits per heavy atom. The number of nitrogen functional groups attached to an aromatic ring is 1. The number of nitrogens with two attached hydrogens (primary N) is 1. The second-order valence-corrected chi connectivity index (χ2v) is 5.81. The van der Waals surface area contributed by atoms with Crippen LogP contribution >= 0.6 is 34.5 Å². The van der Waals surface area contributed by atoms with Crippen molar-refractivity contribution >= 4 is 51.8 Å². The van der Waals surface area contributed by atoms with Gasteiger partial charge in [0.2, 0.25) is 5.91 Å². The maximum atomic E-state index is 11.8. The van der Waals surface area contributed by atoms with E-state index in [0.29, 0.717) is 21.4 Å². The molecule has 0 aliphatic heterocycles. The second-order valence-electron chi connectivity index (χ2n) is 3.94. The monoisotopic (exact) mass is 315 g/mol. The van der Waals surface area contributed by atoms with E-state index in [1.165, 1.54) is 11.3 Å². The molecule has 7 heteroatoms. The van der Waals surface area contributed by atoms with Crippen LogP contribution in [0.15, 0.2) is 17.5 Å². The van der Waals surface area contributed by atoms with Gasteiger partial charge in [0.15, 0.2) is 0 Å². The lowest BCUT2D eigenvalue weighted by atomic mass is 10.2. The summed E-state index contributed by atoms with van der Waals surface area (Å²) in [6.45, 7) is 1.89. The molecule has 0 unspecified atom stereocenters. The molecule has 0 saturated heterocycles. The molecule has 0 bridgehead atoms. The molecule has 100 valence electrons. The number of hydrogen-bond acceptors (Lipinski definition) is 4. The molecule has 19 heavy (non-hydrogen) atoms. The zero-order chi connectivity index (χ0) is 14.0. The van der Waals surface area contributed by atoms with E-state index >= 15 is 0 Å². The number of nitrogens with one attached hydrogen (secondary N) is 1. The molecule has 0 spiro atoms. The molecular weight excluding hydrogens is 305 g/mol. The molecule has 4 nitrogen and oxygen atoms in total. The topological polar surface area (TPSA) is 68.0 Å². The lowest BCUT2D eigenvalue weighted by Crippen LogP contribution is -2.14. The average Bonchev–Trinajstić information content (AvgIpc) is 2.71. The van der Waals surface area contributed by atoms with E-state index in [4.69, 9.17) is 28.9 Å². The number of thiazole rings is 1. The first kappa shape index (κ1) is 14.1. The standard InChI is InChI=1S/C12H11Cl2N3OS/c1-6-16-8(5-19-6)4-11(18)17-7-2-9(13)12(15)10(14)3-7/h2-3,5H,4,15H2,1H3,(H,17,18). The lowest BCUT2D eigenvalue weighted by Gasteiger charge is -2.07. The van der Waals surface area contributed by atoms with Crippen molar-refractivity contribution in [2.45, 2.75) is 13.3 Å². The summed E-state index contributed by atoms with van der Waals surface area (Å²) in [4.78, 5) is 16.1. The third-order valence-electron chi connectivity index (χ3n) is 2.37. The highest BCUT2D eigenvalue weighted by molar-refractivity contribution is 7.09. The zero-order valence-electron chi connectivity index (χ0n) is 10.0. The summed E-state index contributed by atoms with van der Waals surface area (Å²) in [6, 6.07) is 3.12. The second kappa shape index (κ2) is 5.77. The van der Waals surface area contributed by atoms with Gasteiger partial charge in [0.05, 0.1) is 32.9 Å². The van der Waals surface area contributed by atoms with Gasteiger partial charge >= 0.3 is 0 Å². The van der Waals surface area contributed by atoms with Gasteiger partial charge in [0.1, 0.15) is 0 Å². The van der Waals surface area contributed by atoms with Gasteiger partial charge in [-0.25, -0.2) is 4.98 Å². The van der Waals surface area contributed by atoms with E-state index < -0.39 is 0 Å². The number of benzene rings is 1. The van der Waals surface area contributed by atoms with Crippen molar-refractivity contribution in [2.75, 3.05) is 11.1 Å². The van der Waals surface area contributed by atoms with Gasteiger partial charge in [-0.15, -0.1) is 11.3 Å². The van der Waals surface area contributed by atoms with E-state index in [-0.39, 0.29) is 12.3 Å². The minimum absolute atomic E-state index is 0.179. The fourth-order valence-corrected chi connectivity index (χ4v) is 2.62. The maximum Gasteiger partial charge on any atom is 0.230 e. The summed E-state index contributed by atoms with van der Waals surface area (Å²) >= 11 is 13.3. The summed E-state index contributed by atoms with van der Waals surface area (Å²) < 4.78 is 0. The predicted molar refractivity (Wildman–Crippen MR) is 80.1 cm³/mol.